The van der Waals surface area contributed by atoms with Gasteiger partial charge < -0.3 is 20.3 Å². The van der Waals surface area contributed by atoms with Crippen molar-refractivity contribution < 1.29 is 19.8 Å². The molecular weight excluding hydrogens is 286 g/mol. The first-order chi connectivity index (χ1) is 10.4. The molecule has 2 N–H and O–H groups in total. The van der Waals surface area contributed by atoms with E-state index in [1.165, 1.54) is 7.11 Å². The second-order valence-corrected chi connectivity index (χ2v) is 4.88. The molecule has 0 aliphatic heterocycles. The monoisotopic (exact) mass is 302 g/mol. The van der Waals surface area contributed by atoms with Gasteiger partial charge in [-0.05, 0) is 47.9 Å². The summed E-state index contributed by atoms with van der Waals surface area (Å²) in [6, 6.07) is 10.1. The van der Waals surface area contributed by atoms with E-state index in [1.807, 2.05) is 0 Å². The van der Waals surface area contributed by atoms with E-state index in [0.717, 1.165) is 11.1 Å². The number of phenolic OH excluding ortho intramolecular Hbond substituents is 1. The van der Waals surface area contributed by atoms with Gasteiger partial charge in [0, 0.05) is 12.1 Å². The predicted molar refractivity (Wildman–Crippen MR) is 80.3 cm³/mol. The number of phenols is 1. The lowest BCUT2D eigenvalue weighted by Gasteiger charge is -2.21. The average molecular weight is 302 g/mol. The number of aryl methyl sites for hydroxylation is 1. The molecule has 2 aromatic carbocycles. The normalized spacial score (nSPS) is 10.8. The highest BCUT2D eigenvalue weighted by molar-refractivity contribution is 5.90. The molecule has 0 heterocycles. The Balaban J connectivity index is 2.40. The first kappa shape index (κ1) is 16.0. The molecular formula is C16H16NO5-. The molecule has 0 saturated heterocycles. The number of carbonyl (C=O) groups is 1. The number of aromatic hydroxyl groups is 1. The number of esters is 1. The maximum absolute atomic E-state index is 11.4. The largest absolute Gasteiger partial charge is 0.762 e. The number of methoxy groups -OCH3 is 1. The van der Waals surface area contributed by atoms with Crippen LogP contribution in [0.2, 0.25) is 0 Å². The summed E-state index contributed by atoms with van der Waals surface area (Å²) in [6.07, 6.45) is 0. The number of carbonyl (C=O) groups excluding carboxylic acids is 1. The van der Waals surface area contributed by atoms with Gasteiger partial charge in [0.25, 0.3) is 0 Å². The number of hydroxylamine groups is 2. The van der Waals surface area contributed by atoms with Crippen molar-refractivity contribution in [3.8, 4) is 16.9 Å². The van der Waals surface area contributed by atoms with Crippen LogP contribution >= 0.6 is 0 Å². The van der Waals surface area contributed by atoms with E-state index >= 15 is 0 Å². The van der Waals surface area contributed by atoms with Crippen LogP contribution < -0.4 is 0 Å². The molecule has 0 radical (unpaired) electrons. The summed E-state index contributed by atoms with van der Waals surface area (Å²) in [6.45, 7) is 1.37. The van der Waals surface area contributed by atoms with Crippen molar-refractivity contribution in [3.05, 3.63) is 58.3 Å². The lowest BCUT2D eigenvalue weighted by atomic mass is 9.98. The quantitative estimate of drug-likeness (QED) is 0.666. The fourth-order valence-corrected chi connectivity index (χ4v) is 2.20. The van der Waals surface area contributed by atoms with E-state index < -0.39 is 5.97 Å². The van der Waals surface area contributed by atoms with E-state index in [9.17, 15) is 15.1 Å². The van der Waals surface area contributed by atoms with Gasteiger partial charge in [-0.2, -0.15) is 0 Å². The summed E-state index contributed by atoms with van der Waals surface area (Å²) in [5.41, 5.74) is 2.93. The maximum Gasteiger partial charge on any atom is 0.337 e. The van der Waals surface area contributed by atoms with Crippen molar-refractivity contribution in [2.75, 3.05) is 7.11 Å². The smallest absolute Gasteiger partial charge is 0.337 e. The summed E-state index contributed by atoms with van der Waals surface area (Å²) in [7, 11) is 1.31. The van der Waals surface area contributed by atoms with Crippen molar-refractivity contribution in [2.45, 2.75) is 13.5 Å². The number of ether oxygens (including phenoxy) is 1. The van der Waals surface area contributed by atoms with Crippen LogP contribution in [-0.4, -0.2) is 28.6 Å². The molecule has 6 nitrogen and oxygen atoms in total. The van der Waals surface area contributed by atoms with Crippen LogP contribution in [0, 0.1) is 12.1 Å². The number of nitrogens with zero attached hydrogens (tertiary/aromatic N) is 1. The highest BCUT2D eigenvalue weighted by atomic mass is 16.8. The highest BCUT2D eigenvalue weighted by Crippen LogP contribution is 2.30. The zero-order valence-corrected chi connectivity index (χ0v) is 12.2. The van der Waals surface area contributed by atoms with E-state index in [-0.39, 0.29) is 17.5 Å². The van der Waals surface area contributed by atoms with Gasteiger partial charge in [-0.3, -0.25) is 5.23 Å². The second-order valence-electron chi connectivity index (χ2n) is 4.88. The molecule has 116 valence electrons. The number of benzene rings is 2. The molecule has 0 aliphatic rings. The van der Waals surface area contributed by atoms with E-state index in [4.69, 9.17) is 5.21 Å². The van der Waals surface area contributed by atoms with Gasteiger partial charge in [0.05, 0.1) is 12.7 Å². The Morgan fingerprint density at radius 2 is 1.86 bits per heavy atom. The van der Waals surface area contributed by atoms with Crippen LogP contribution in [0.1, 0.15) is 21.5 Å². The third kappa shape index (κ3) is 3.43. The van der Waals surface area contributed by atoms with Crippen molar-refractivity contribution >= 4 is 5.97 Å². The first-order valence-corrected chi connectivity index (χ1v) is 6.57. The molecule has 2 aromatic rings. The fraction of sp³-hybridized carbons (Fsp3) is 0.188. The Hall–Kier alpha value is -2.41. The molecule has 0 aromatic heterocycles. The molecule has 0 aliphatic carbocycles. The van der Waals surface area contributed by atoms with Gasteiger partial charge in [-0.1, -0.05) is 12.1 Å². The summed E-state index contributed by atoms with van der Waals surface area (Å²) in [5, 5.41) is 29.3. The Labute approximate surface area is 127 Å². The minimum absolute atomic E-state index is 0.0233. The maximum atomic E-state index is 11.4. The Bertz CT molecular complexity index is 680. The summed E-state index contributed by atoms with van der Waals surface area (Å²) >= 11 is 0. The number of rotatable bonds is 4. The van der Waals surface area contributed by atoms with Gasteiger partial charge in [0.2, 0.25) is 0 Å². The SMILES string of the molecule is COC(=O)c1ccc(-c2cc(C)c(O)c(CN([O-])O)c2)cc1. The van der Waals surface area contributed by atoms with Crippen molar-refractivity contribution in [1.29, 1.82) is 0 Å². The van der Waals surface area contributed by atoms with Crippen LogP contribution in [0.25, 0.3) is 11.1 Å². The predicted octanol–water partition coefficient (Wildman–Crippen LogP) is 2.84. The second kappa shape index (κ2) is 6.57. The molecule has 22 heavy (non-hydrogen) atoms. The minimum Gasteiger partial charge on any atom is -0.762 e. The summed E-state index contributed by atoms with van der Waals surface area (Å²) < 4.78 is 4.64. The van der Waals surface area contributed by atoms with E-state index in [1.54, 1.807) is 43.3 Å². The molecule has 0 fully saturated rings. The lowest BCUT2D eigenvalue weighted by molar-refractivity contribution is -0.0492. The Kier molecular flexibility index (Phi) is 4.77. The molecule has 0 saturated carbocycles. The topological polar surface area (TPSA) is 93.1 Å². The Morgan fingerprint density at radius 1 is 1.23 bits per heavy atom. The third-order valence-corrected chi connectivity index (χ3v) is 3.32. The van der Waals surface area contributed by atoms with Crippen molar-refractivity contribution in [2.24, 2.45) is 0 Å². The molecule has 0 spiro atoms. The van der Waals surface area contributed by atoms with E-state index in [0.29, 0.717) is 16.7 Å². The van der Waals surface area contributed by atoms with Crippen LogP contribution in [0.4, 0.5) is 0 Å². The highest BCUT2D eigenvalue weighted by Gasteiger charge is 2.10. The minimum atomic E-state index is -0.420. The van der Waals surface area contributed by atoms with Gasteiger partial charge in [-0.15, -0.1) is 0 Å². The Morgan fingerprint density at radius 3 is 2.41 bits per heavy atom. The molecule has 0 unspecified atom stereocenters. The molecule has 0 amide bonds. The van der Waals surface area contributed by atoms with Gasteiger partial charge >= 0.3 is 5.97 Å². The fourth-order valence-electron chi connectivity index (χ4n) is 2.20. The first-order valence-electron chi connectivity index (χ1n) is 6.57. The zero-order valence-electron chi connectivity index (χ0n) is 12.2. The molecule has 0 atom stereocenters. The van der Waals surface area contributed by atoms with Gasteiger partial charge in [0.15, 0.2) is 0 Å². The number of hydrogen-bond donors (Lipinski definition) is 2. The molecule has 2 rings (SSSR count). The van der Waals surface area contributed by atoms with Crippen LogP contribution in [0.3, 0.4) is 0 Å². The third-order valence-electron chi connectivity index (χ3n) is 3.32. The van der Waals surface area contributed by atoms with Crippen molar-refractivity contribution in [1.82, 2.24) is 5.23 Å². The van der Waals surface area contributed by atoms with Crippen LogP contribution in [0.5, 0.6) is 5.75 Å². The van der Waals surface area contributed by atoms with Gasteiger partial charge in [0.1, 0.15) is 5.75 Å². The molecule has 6 heteroatoms. The van der Waals surface area contributed by atoms with Crippen molar-refractivity contribution in [3.63, 3.8) is 0 Å². The average Bonchev–Trinajstić information content (AvgIpc) is 2.50. The van der Waals surface area contributed by atoms with Crippen LogP contribution in [0.15, 0.2) is 36.4 Å². The van der Waals surface area contributed by atoms with Crippen LogP contribution in [-0.2, 0) is 11.3 Å². The lowest BCUT2D eigenvalue weighted by Crippen LogP contribution is -2.09. The van der Waals surface area contributed by atoms with E-state index in [2.05, 4.69) is 4.74 Å². The number of hydrogen-bond acceptors (Lipinski definition) is 6. The van der Waals surface area contributed by atoms with Gasteiger partial charge in [-0.25, -0.2) is 4.79 Å². The zero-order chi connectivity index (χ0) is 16.3. The standard InChI is InChI=1S/C16H16NO5/c1-10-7-13(8-14(15(10)18)9-17(20)21)11-3-5-12(6-4-11)16(19)22-2/h3-8,18,20H,9H2,1-2H3/q-1. The summed E-state index contributed by atoms with van der Waals surface area (Å²) in [4.78, 5) is 11.4. The molecule has 0 bridgehead atoms. The summed E-state index contributed by atoms with van der Waals surface area (Å²) in [5.74, 6) is -0.443.